The molecule has 8 heteroatoms. The standard InChI is InChI=1S/C21H24ClN3O4/c1-11(2)15(21(27)29-4)24-19(26)18-20(28-3)25-16(12-8-9-12)17(23-18)13-6-5-7-14(22)10-13/h5-7,10-12,15H,8-9H2,1-4H3,(H,24,26)/t15-/m1/s1. The maximum atomic E-state index is 13.0. The average molecular weight is 418 g/mol. The number of halogens is 1. The van der Waals surface area contributed by atoms with E-state index in [1.54, 1.807) is 12.1 Å². The third-order valence-electron chi connectivity index (χ3n) is 4.77. The fourth-order valence-electron chi connectivity index (χ4n) is 3.05. The molecule has 154 valence electrons. The van der Waals surface area contributed by atoms with Gasteiger partial charge in [0.2, 0.25) is 5.88 Å². The SMILES string of the molecule is COC(=O)[C@H](NC(=O)c1nc(-c2cccc(Cl)c2)c(C2CC2)nc1OC)C(C)C. The van der Waals surface area contributed by atoms with Crippen LogP contribution in [0, 0.1) is 5.92 Å². The number of carbonyl (C=O) groups is 2. The molecule has 0 bridgehead atoms. The fraction of sp³-hybridized carbons (Fsp3) is 0.429. The normalized spacial score (nSPS) is 14.4. The first kappa shape index (κ1) is 21.0. The minimum absolute atomic E-state index is 0.0152. The molecule has 0 radical (unpaired) electrons. The largest absolute Gasteiger partial charge is 0.479 e. The molecule has 2 aromatic rings. The molecule has 1 fully saturated rings. The fourth-order valence-corrected chi connectivity index (χ4v) is 3.24. The second-order valence-electron chi connectivity index (χ2n) is 7.32. The first-order valence-electron chi connectivity index (χ1n) is 9.46. The van der Waals surface area contributed by atoms with Gasteiger partial charge in [0.15, 0.2) is 5.69 Å². The number of ether oxygens (including phenoxy) is 2. The predicted octanol–water partition coefficient (Wildman–Crippen LogP) is 3.61. The van der Waals surface area contributed by atoms with Crippen LogP contribution in [0.25, 0.3) is 11.3 Å². The molecule has 1 aliphatic rings. The lowest BCUT2D eigenvalue weighted by atomic mass is 10.0. The molecule has 0 unspecified atom stereocenters. The van der Waals surface area contributed by atoms with Gasteiger partial charge < -0.3 is 14.8 Å². The summed E-state index contributed by atoms with van der Waals surface area (Å²) in [7, 11) is 2.72. The van der Waals surface area contributed by atoms with E-state index in [9.17, 15) is 9.59 Å². The van der Waals surface area contributed by atoms with Crippen molar-refractivity contribution in [3.63, 3.8) is 0 Å². The van der Waals surface area contributed by atoms with Crippen LogP contribution in [0.1, 0.15) is 48.8 Å². The van der Waals surface area contributed by atoms with Crippen molar-refractivity contribution in [3.8, 4) is 17.1 Å². The molecular formula is C21H24ClN3O4. The number of nitrogens with one attached hydrogen (secondary N) is 1. The van der Waals surface area contributed by atoms with Crippen LogP contribution in [0.5, 0.6) is 5.88 Å². The minimum atomic E-state index is -0.809. The number of methoxy groups -OCH3 is 2. The van der Waals surface area contributed by atoms with Crippen LogP contribution in [-0.4, -0.2) is 42.1 Å². The highest BCUT2D eigenvalue weighted by atomic mass is 35.5. The minimum Gasteiger partial charge on any atom is -0.479 e. The maximum Gasteiger partial charge on any atom is 0.328 e. The molecule has 1 atom stereocenters. The van der Waals surface area contributed by atoms with E-state index >= 15 is 0 Å². The third-order valence-corrected chi connectivity index (χ3v) is 5.00. The Morgan fingerprint density at radius 1 is 1.21 bits per heavy atom. The van der Waals surface area contributed by atoms with Crippen molar-refractivity contribution in [1.82, 2.24) is 15.3 Å². The van der Waals surface area contributed by atoms with Crippen LogP contribution in [-0.2, 0) is 9.53 Å². The lowest BCUT2D eigenvalue weighted by Gasteiger charge is -2.20. The molecule has 3 rings (SSSR count). The van der Waals surface area contributed by atoms with Crippen molar-refractivity contribution < 1.29 is 19.1 Å². The number of benzene rings is 1. The van der Waals surface area contributed by atoms with Crippen molar-refractivity contribution in [1.29, 1.82) is 0 Å². The van der Waals surface area contributed by atoms with Crippen LogP contribution in [0.2, 0.25) is 5.02 Å². The van der Waals surface area contributed by atoms with Crippen LogP contribution in [0.3, 0.4) is 0 Å². The molecule has 1 N–H and O–H groups in total. The van der Waals surface area contributed by atoms with Gasteiger partial charge in [-0.25, -0.2) is 14.8 Å². The molecule has 0 aliphatic heterocycles. The lowest BCUT2D eigenvalue weighted by molar-refractivity contribution is -0.144. The highest BCUT2D eigenvalue weighted by Gasteiger charge is 2.33. The smallest absolute Gasteiger partial charge is 0.328 e. The van der Waals surface area contributed by atoms with Crippen molar-refractivity contribution >= 4 is 23.5 Å². The Balaban J connectivity index is 2.05. The number of carbonyl (C=O) groups excluding carboxylic acids is 2. The summed E-state index contributed by atoms with van der Waals surface area (Å²) in [5, 5.41) is 3.26. The summed E-state index contributed by atoms with van der Waals surface area (Å²) < 4.78 is 10.1. The Labute approximate surface area is 174 Å². The molecule has 1 aromatic carbocycles. The van der Waals surface area contributed by atoms with Crippen LogP contribution >= 0.6 is 11.6 Å². The van der Waals surface area contributed by atoms with E-state index in [4.69, 9.17) is 21.1 Å². The van der Waals surface area contributed by atoms with Gasteiger partial charge in [0.1, 0.15) is 6.04 Å². The van der Waals surface area contributed by atoms with Crippen molar-refractivity contribution in [2.75, 3.05) is 14.2 Å². The number of nitrogens with zero attached hydrogens (tertiary/aromatic N) is 2. The molecule has 0 saturated heterocycles. The summed E-state index contributed by atoms with van der Waals surface area (Å²) in [6.45, 7) is 3.64. The van der Waals surface area contributed by atoms with E-state index in [2.05, 4.69) is 15.3 Å². The van der Waals surface area contributed by atoms with Gasteiger partial charge in [-0.15, -0.1) is 0 Å². The average Bonchev–Trinajstić information content (AvgIpc) is 3.55. The molecule has 1 saturated carbocycles. The zero-order valence-corrected chi connectivity index (χ0v) is 17.6. The van der Waals surface area contributed by atoms with E-state index in [-0.39, 0.29) is 23.4 Å². The Hall–Kier alpha value is -2.67. The van der Waals surface area contributed by atoms with Crippen LogP contribution in [0.15, 0.2) is 24.3 Å². The van der Waals surface area contributed by atoms with E-state index in [1.165, 1.54) is 14.2 Å². The number of rotatable bonds is 7. The van der Waals surface area contributed by atoms with Gasteiger partial charge in [-0.05, 0) is 30.9 Å². The quantitative estimate of drug-likeness (QED) is 0.692. The lowest BCUT2D eigenvalue weighted by Crippen LogP contribution is -2.45. The summed E-state index contributed by atoms with van der Waals surface area (Å²) >= 11 is 6.15. The second kappa shape index (κ2) is 8.78. The highest BCUT2D eigenvalue weighted by molar-refractivity contribution is 6.30. The Bertz CT molecular complexity index is 928. The molecule has 1 aliphatic carbocycles. The van der Waals surface area contributed by atoms with Gasteiger partial charge in [0.25, 0.3) is 5.91 Å². The van der Waals surface area contributed by atoms with Crippen molar-refractivity contribution in [3.05, 3.63) is 40.7 Å². The molecule has 29 heavy (non-hydrogen) atoms. The van der Waals surface area contributed by atoms with E-state index < -0.39 is 17.9 Å². The van der Waals surface area contributed by atoms with E-state index in [1.807, 2.05) is 26.0 Å². The Morgan fingerprint density at radius 3 is 2.48 bits per heavy atom. The van der Waals surface area contributed by atoms with Crippen LogP contribution < -0.4 is 10.1 Å². The maximum absolute atomic E-state index is 13.0. The number of hydrogen-bond acceptors (Lipinski definition) is 6. The summed E-state index contributed by atoms with van der Waals surface area (Å²) in [5.41, 5.74) is 2.17. The number of amides is 1. The number of esters is 1. The molecule has 1 heterocycles. The zero-order valence-electron chi connectivity index (χ0n) is 16.9. The first-order valence-corrected chi connectivity index (χ1v) is 9.84. The second-order valence-corrected chi connectivity index (χ2v) is 7.75. The Morgan fingerprint density at radius 2 is 1.93 bits per heavy atom. The molecule has 1 amide bonds. The predicted molar refractivity (Wildman–Crippen MR) is 109 cm³/mol. The topological polar surface area (TPSA) is 90.4 Å². The Kier molecular flexibility index (Phi) is 6.37. The van der Waals surface area contributed by atoms with Gasteiger partial charge in [-0.1, -0.05) is 37.6 Å². The highest BCUT2D eigenvalue weighted by Crippen LogP contribution is 2.44. The van der Waals surface area contributed by atoms with E-state index in [0.29, 0.717) is 10.7 Å². The number of aromatic nitrogens is 2. The van der Waals surface area contributed by atoms with Gasteiger partial charge in [-0.3, -0.25) is 4.79 Å². The monoisotopic (exact) mass is 417 g/mol. The van der Waals surface area contributed by atoms with Gasteiger partial charge in [0.05, 0.1) is 25.6 Å². The molecule has 7 nitrogen and oxygen atoms in total. The van der Waals surface area contributed by atoms with Crippen LogP contribution in [0.4, 0.5) is 0 Å². The van der Waals surface area contributed by atoms with Gasteiger partial charge >= 0.3 is 5.97 Å². The number of hydrogen-bond donors (Lipinski definition) is 1. The first-order chi connectivity index (χ1) is 13.8. The summed E-state index contributed by atoms with van der Waals surface area (Å²) in [5.74, 6) is -0.832. The zero-order chi connectivity index (χ0) is 21.1. The molecule has 1 aromatic heterocycles. The molecule has 0 spiro atoms. The summed E-state index contributed by atoms with van der Waals surface area (Å²) in [4.78, 5) is 34.2. The van der Waals surface area contributed by atoms with E-state index in [0.717, 1.165) is 24.1 Å². The van der Waals surface area contributed by atoms with Crippen molar-refractivity contribution in [2.45, 2.75) is 38.6 Å². The van der Waals surface area contributed by atoms with Crippen molar-refractivity contribution in [2.24, 2.45) is 5.92 Å². The van der Waals surface area contributed by atoms with Gasteiger partial charge in [0, 0.05) is 16.5 Å². The third kappa shape index (κ3) is 4.67. The molecular weight excluding hydrogens is 394 g/mol. The summed E-state index contributed by atoms with van der Waals surface area (Å²) in [6.07, 6.45) is 2.02. The summed E-state index contributed by atoms with van der Waals surface area (Å²) in [6, 6.07) is 6.46. The van der Waals surface area contributed by atoms with Gasteiger partial charge in [-0.2, -0.15) is 0 Å².